The van der Waals surface area contributed by atoms with E-state index in [2.05, 4.69) is 49.9 Å². The number of nitrogens with two attached hydrogens (primary N) is 1. The van der Waals surface area contributed by atoms with Gasteiger partial charge in [-0.15, -0.1) is 0 Å². The maximum Gasteiger partial charge on any atom is 0.0366 e. The van der Waals surface area contributed by atoms with Gasteiger partial charge in [0.1, 0.15) is 0 Å². The molecule has 0 aliphatic heterocycles. The van der Waals surface area contributed by atoms with Crippen molar-refractivity contribution in [1.29, 1.82) is 0 Å². The van der Waals surface area contributed by atoms with E-state index in [1.165, 1.54) is 17.7 Å². The average Bonchev–Trinajstić information content (AvgIpc) is 2.32. The van der Waals surface area contributed by atoms with E-state index >= 15 is 0 Å². The molecule has 0 heterocycles. The lowest BCUT2D eigenvalue weighted by Gasteiger charge is -2.24. The highest BCUT2D eigenvalue weighted by Crippen LogP contribution is 2.15. The van der Waals surface area contributed by atoms with E-state index in [1.54, 1.807) is 0 Å². The molecule has 2 heteroatoms. The predicted octanol–water partition coefficient (Wildman–Crippen LogP) is 3.34. The van der Waals surface area contributed by atoms with E-state index in [0.717, 1.165) is 25.9 Å². The molecule has 0 fully saturated rings. The molecule has 0 radical (unpaired) electrons. The summed E-state index contributed by atoms with van der Waals surface area (Å²) in [6.07, 6.45) is 3.39. The molecule has 0 amide bonds. The monoisotopic (exact) mass is 234 g/mol. The fraction of sp³-hybridized carbons (Fsp3) is 0.600. The van der Waals surface area contributed by atoms with Crippen molar-refractivity contribution in [1.82, 2.24) is 0 Å². The number of nitrogens with zero attached hydrogens (tertiary/aromatic N) is 1. The van der Waals surface area contributed by atoms with Crippen LogP contribution in [0.15, 0.2) is 24.3 Å². The second kappa shape index (κ2) is 7.33. The highest BCUT2D eigenvalue weighted by Gasteiger charge is 2.07. The van der Waals surface area contributed by atoms with Crippen LogP contribution < -0.4 is 10.6 Å². The third-order valence-corrected chi connectivity index (χ3v) is 3.21. The Bertz CT molecular complexity index is 305. The van der Waals surface area contributed by atoms with Crippen molar-refractivity contribution in [2.24, 2.45) is 5.73 Å². The Labute approximate surface area is 106 Å². The number of rotatable bonds is 7. The summed E-state index contributed by atoms with van der Waals surface area (Å²) < 4.78 is 0. The Morgan fingerprint density at radius 3 is 2.29 bits per heavy atom. The van der Waals surface area contributed by atoms with Crippen LogP contribution >= 0.6 is 0 Å². The summed E-state index contributed by atoms with van der Waals surface area (Å²) >= 11 is 0. The molecular weight excluding hydrogens is 208 g/mol. The lowest BCUT2D eigenvalue weighted by molar-refractivity contribution is 0.555. The summed E-state index contributed by atoms with van der Waals surface area (Å²) in [5.41, 5.74) is 8.68. The second-order valence-electron chi connectivity index (χ2n) is 4.75. The molecule has 1 atom stereocenters. The van der Waals surface area contributed by atoms with Gasteiger partial charge in [-0.3, -0.25) is 0 Å². The average molecular weight is 234 g/mol. The first-order valence-corrected chi connectivity index (χ1v) is 6.74. The topological polar surface area (TPSA) is 29.3 Å². The zero-order valence-electron chi connectivity index (χ0n) is 11.4. The smallest absolute Gasteiger partial charge is 0.0366 e. The van der Waals surface area contributed by atoms with E-state index < -0.39 is 0 Å². The number of hydrogen-bond acceptors (Lipinski definition) is 2. The third-order valence-electron chi connectivity index (χ3n) is 3.21. The van der Waals surface area contributed by atoms with Gasteiger partial charge in [-0.25, -0.2) is 0 Å². The van der Waals surface area contributed by atoms with E-state index in [0.29, 0.717) is 6.04 Å². The molecule has 1 aromatic rings. The molecule has 1 aromatic carbocycles. The molecule has 2 nitrogen and oxygen atoms in total. The molecule has 0 aliphatic rings. The van der Waals surface area contributed by atoms with Gasteiger partial charge in [0.15, 0.2) is 0 Å². The summed E-state index contributed by atoms with van der Waals surface area (Å²) in [5.74, 6) is 0. The summed E-state index contributed by atoms with van der Waals surface area (Å²) in [6.45, 7) is 8.61. The summed E-state index contributed by atoms with van der Waals surface area (Å²) in [4.78, 5) is 2.40. The van der Waals surface area contributed by atoms with Crippen molar-refractivity contribution in [2.75, 3.05) is 18.0 Å². The zero-order chi connectivity index (χ0) is 12.7. The SMILES string of the molecule is CCCC(N)CCN(CC)c1ccc(C)cc1. The molecule has 1 unspecified atom stereocenters. The molecule has 0 aromatic heterocycles. The van der Waals surface area contributed by atoms with Crippen LogP contribution in [0.4, 0.5) is 5.69 Å². The molecule has 0 saturated heterocycles. The molecule has 0 bridgehead atoms. The quantitative estimate of drug-likeness (QED) is 0.784. The number of hydrogen-bond donors (Lipinski definition) is 1. The number of benzene rings is 1. The van der Waals surface area contributed by atoms with Crippen LogP contribution in [0.3, 0.4) is 0 Å². The first-order chi connectivity index (χ1) is 8.17. The third kappa shape index (κ3) is 4.78. The van der Waals surface area contributed by atoms with Gasteiger partial charge in [-0.2, -0.15) is 0 Å². The molecular formula is C15H26N2. The Balaban J connectivity index is 2.51. The fourth-order valence-electron chi connectivity index (χ4n) is 2.06. The van der Waals surface area contributed by atoms with E-state index in [4.69, 9.17) is 5.73 Å². The van der Waals surface area contributed by atoms with Crippen molar-refractivity contribution in [3.05, 3.63) is 29.8 Å². The molecule has 0 saturated carbocycles. The van der Waals surface area contributed by atoms with Gasteiger partial charge in [0.25, 0.3) is 0 Å². The van der Waals surface area contributed by atoms with E-state index in [-0.39, 0.29) is 0 Å². The van der Waals surface area contributed by atoms with Crippen molar-refractivity contribution >= 4 is 5.69 Å². The standard InChI is InChI=1S/C15H26N2/c1-4-6-14(16)11-12-17(5-2)15-9-7-13(3)8-10-15/h7-10,14H,4-6,11-12,16H2,1-3H3. The summed E-state index contributed by atoms with van der Waals surface area (Å²) in [7, 11) is 0. The summed E-state index contributed by atoms with van der Waals surface area (Å²) in [5, 5.41) is 0. The molecule has 1 rings (SSSR count). The minimum Gasteiger partial charge on any atom is -0.372 e. The van der Waals surface area contributed by atoms with Crippen LogP contribution in [-0.2, 0) is 0 Å². The lowest BCUT2D eigenvalue weighted by Crippen LogP contribution is -2.30. The zero-order valence-corrected chi connectivity index (χ0v) is 11.4. The van der Waals surface area contributed by atoms with Crippen LogP contribution in [-0.4, -0.2) is 19.1 Å². The Morgan fingerprint density at radius 1 is 1.12 bits per heavy atom. The van der Waals surface area contributed by atoms with Gasteiger partial charge in [-0.1, -0.05) is 31.0 Å². The van der Waals surface area contributed by atoms with Crippen LogP contribution in [0.1, 0.15) is 38.7 Å². The van der Waals surface area contributed by atoms with Crippen LogP contribution in [0.25, 0.3) is 0 Å². The highest BCUT2D eigenvalue weighted by atomic mass is 15.1. The number of anilines is 1. The first kappa shape index (κ1) is 14.0. The Hall–Kier alpha value is -1.02. The van der Waals surface area contributed by atoms with Gasteiger partial charge in [0.05, 0.1) is 0 Å². The Morgan fingerprint density at radius 2 is 1.76 bits per heavy atom. The van der Waals surface area contributed by atoms with Gasteiger partial charge in [0, 0.05) is 24.8 Å². The minimum absolute atomic E-state index is 0.347. The van der Waals surface area contributed by atoms with Gasteiger partial charge in [0.2, 0.25) is 0 Å². The second-order valence-corrected chi connectivity index (χ2v) is 4.75. The molecule has 17 heavy (non-hydrogen) atoms. The number of aryl methyl sites for hydroxylation is 1. The van der Waals surface area contributed by atoms with Gasteiger partial charge >= 0.3 is 0 Å². The van der Waals surface area contributed by atoms with Crippen molar-refractivity contribution in [3.8, 4) is 0 Å². The summed E-state index contributed by atoms with van der Waals surface area (Å²) in [6, 6.07) is 9.09. The first-order valence-electron chi connectivity index (χ1n) is 6.74. The van der Waals surface area contributed by atoms with Gasteiger partial charge in [-0.05, 0) is 38.8 Å². The van der Waals surface area contributed by atoms with Crippen molar-refractivity contribution in [3.63, 3.8) is 0 Å². The molecule has 96 valence electrons. The lowest BCUT2D eigenvalue weighted by atomic mass is 10.1. The largest absolute Gasteiger partial charge is 0.372 e. The van der Waals surface area contributed by atoms with E-state index in [1.807, 2.05) is 0 Å². The molecule has 0 aliphatic carbocycles. The van der Waals surface area contributed by atoms with Gasteiger partial charge < -0.3 is 10.6 Å². The van der Waals surface area contributed by atoms with Crippen LogP contribution in [0, 0.1) is 6.92 Å². The van der Waals surface area contributed by atoms with E-state index in [9.17, 15) is 0 Å². The van der Waals surface area contributed by atoms with Crippen LogP contribution in [0.2, 0.25) is 0 Å². The fourth-order valence-corrected chi connectivity index (χ4v) is 2.06. The normalized spacial score (nSPS) is 12.5. The maximum absolute atomic E-state index is 6.06. The predicted molar refractivity (Wildman–Crippen MR) is 76.6 cm³/mol. The Kier molecular flexibility index (Phi) is 6.06. The maximum atomic E-state index is 6.06. The highest BCUT2D eigenvalue weighted by molar-refractivity contribution is 5.47. The minimum atomic E-state index is 0.347. The molecule has 0 spiro atoms. The van der Waals surface area contributed by atoms with Crippen molar-refractivity contribution in [2.45, 2.75) is 46.1 Å². The van der Waals surface area contributed by atoms with Crippen LogP contribution in [0.5, 0.6) is 0 Å². The van der Waals surface area contributed by atoms with Crippen molar-refractivity contribution < 1.29 is 0 Å². The molecule has 2 N–H and O–H groups in total.